The fraction of sp³-hybridized carbons (Fsp3) is 0.400. The van der Waals surface area contributed by atoms with Gasteiger partial charge in [-0.05, 0) is 26.0 Å². The maximum absolute atomic E-state index is 11.9. The predicted molar refractivity (Wildman–Crippen MR) is 65.7 cm³/mol. The van der Waals surface area contributed by atoms with Crippen LogP contribution in [0.3, 0.4) is 0 Å². The smallest absolute Gasteiger partial charge is 0.290 e. The summed E-state index contributed by atoms with van der Waals surface area (Å²) in [6.07, 6.45) is 7.68. The van der Waals surface area contributed by atoms with Crippen LogP contribution in [-0.4, -0.2) is 23.5 Å². The Labute approximate surface area is 106 Å². The summed E-state index contributed by atoms with van der Waals surface area (Å²) in [5, 5.41) is 13.9. The number of hydrogen-bond donors (Lipinski definition) is 1. The van der Waals surface area contributed by atoms with Gasteiger partial charge in [0.05, 0.1) is 25.1 Å². The molecule has 0 saturated carbocycles. The molecule has 0 aliphatic carbocycles. The maximum Gasteiger partial charge on any atom is 0.472 e. The van der Waals surface area contributed by atoms with Crippen LogP contribution in [-0.2, 0) is 13.6 Å². The summed E-state index contributed by atoms with van der Waals surface area (Å²) in [4.78, 5) is 3.53. The summed E-state index contributed by atoms with van der Waals surface area (Å²) < 4.78 is 21.7. The van der Waals surface area contributed by atoms with Gasteiger partial charge in [0.15, 0.2) is 0 Å². The lowest BCUT2D eigenvalue weighted by atomic mass is 10.3. The molecule has 0 amide bonds. The van der Waals surface area contributed by atoms with Gasteiger partial charge >= 0.3 is 7.75 Å². The van der Waals surface area contributed by atoms with E-state index in [2.05, 4.69) is 10.00 Å². The predicted octanol–water partition coefficient (Wildman–Crippen LogP) is 3.24. The molecule has 0 aromatic heterocycles. The summed E-state index contributed by atoms with van der Waals surface area (Å²) in [6, 6.07) is 0. The van der Waals surface area contributed by atoms with Crippen molar-refractivity contribution >= 4 is 7.75 Å². The molecule has 1 rings (SSSR count). The molecule has 8 heteroatoms. The molecule has 1 heterocycles. The van der Waals surface area contributed by atoms with Gasteiger partial charge in [0, 0.05) is 6.20 Å². The van der Waals surface area contributed by atoms with Crippen LogP contribution in [0, 0.1) is 0 Å². The van der Waals surface area contributed by atoms with Gasteiger partial charge in [0.25, 0.3) is 0 Å². The van der Waals surface area contributed by atoms with Crippen LogP contribution in [0.5, 0.6) is 0 Å². The Bertz CT molecular complexity index is 421. The highest BCUT2D eigenvalue weighted by Gasteiger charge is 2.22. The average Bonchev–Trinajstić information content (AvgIpc) is 2.32. The van der Waals surface area contributed by atoms with E-state index >= 15 is 0 Å². The molecular weight excluding hydrogens is 257 g/mol. The van der Waals surface area contributed by atoms with Crippen molar-refractivity contribution in [2.75, 3.05) is 13.2 Å². The van der Waals surface area contributed by atoms with E-state index in [4.69, 9.17) is 9.05 Å². The second-order valence-corrected chi connectivity index (χ2v) is 4.74. The monoisotopic (exact) mass is 273 g/mol. The van der Waals surface area contributed by atoms with Crippen LogP contribution < -0.4 is 0 Å². The molecule has 1 N–H and O–H groups in total. The molecule has 18 heavy (non-hydrogen) atoms. The number of allylic oxidation sites excluding steroid dienone is 3. The first-order valence-electron chi connectivity index (χ1n) is 5.46. The van der Waals surface area contributed by atoms with Crippen LogP contribution in [0.25, 0.3) is 0 Å². The van der Waals surface area contributed by atoms with Gasteiger partial charge < -0.3 is 0 Å². The number of rotatable bonds is 6. The van der Waals surface area contributed by atoms with Crippen LogP contribution in [0.15, 0.2) is 46.3 Å². The lowest BCUT2D eigenvalue weighted by molar-refractivity contribution is -0.000522. The van der Waals surface area contributed by atoms with Crippen molar-refractivity contribution in [1.29, 1.82) is 0 Å². The molecule has 1 aliphatic heterocycles. The first-order chi connectivity index (χ1) is 8.61. The normalized spacial score (nSPS) is 18.2. The minimum absolute atomic E-state index is 0.210. The average molecular weight is 273 g/mol. The summed E-state index contributed by atoms with van der Waals surface area (Å²) in [5.41, 5.74) is 0.390. The van der Waals surface area contributed by atoms with Gasteiger partial charge in [-0.25, -0.2) is 9.63 Å². The zero-order valence-electron chi connectivity index (χ0n) is 10.3. The first kappa shape index (κ1) is 14.8. The van der Waals surface area contributed by atoms with E-state index in [0.717, 1.165) is 5.06 Å². The zero-order valence-corrected chi connectivity index (χ0v) is 11.2. The Morgan fingerprint density at radius 2 is 2.06 bits per heavy atom. The van der Waals surface area contributed by atoms with Crippen LogP contribution in [0.4, 0.5) is 0 Å². The lowest BCUT2D eigenvalue weighted by Gasteiger charge is -2.14. The molecule has 0 saturated heterocycles. The topological polar surface area (TPSA) is 83.7 Å². The van der Waals surface area contributed by atoms with E-state index < -0.39 is 7.75 Å². The molecule has 100 valence electrons. The second-order valence-electron chi connectivity index (χ2n) is 3.11. The van der Waals surface area contributed by atoms with Crippen LogP contribution >= 0.6 is 7.75 Å². The van der Waals surface area contributed by atoms with E-state index in [1.165, 1.54) is 12.4 Å². The Morgan fingerprint density at radius 3 is 2.61 bits per heavy atom. The summed E-state index contributed by atoms with van der Waals surface area (Å²) in [7, 11) is -3.54. The molecule has 0 bridgehead atoms. The molecule has 0 atom stereocenters. The summed E-state index contributed by atoms with van der Waals surface area (Å²) in [5.74, 6) is 0. The highest BCUT2D eigenvalue weighted by molar-refractivity contribution is 7.52. The standard InChI is InChI=1S/C10H16N3O4P/c1-3-16-18(15,17-4-2)12-11-9-10-7-5-6-8-13(10)14/h5-9,14H,3-4H2,1-2H3/b10-9+,12-11?. The van der Waals surface area contributed by atoms with E-state index in [1.807, 2.05) is 0 Å². The van der Waals surface area contributed by atoms with E-state index in [9.17, 15) is 9.77 Å². The Kier molecular flexibility index (Phi) is 5.94. The highest BCUT2D eigenvalue weighted by atomic mass is 31.2. The summed E-state index contributed by atoms with van der Waals surface area (Å²) in [6.45, 7) is 3.79. The Morgan fingerprint density at radius 1 is 1.39 bits per heavy atom. The zero-order chi connectivity index (χ0) is 13.4. The third-order valence-corrected chi connectivity index (χ3v) is 3.30. The van der Waals surface area contributed by atoms with Crippen molar-refractivity contribution in [3.05, 3.63) is 36.3 Å². The van der Waals surface area contributed by atoms with E-state index in [-0.39, 0.29) is 13.2 Å². The third-order valence-electron chi connectivity index (χ3n) is 1.81. The molecule has 0 radical (unpaired) electrons. The van der Waals surface area contributed by atoms with Crippen molar-refractivity contribution in [3.63, 3.8) is 0 Å². The van der Waals surface area contributed by atoms with Crippen molar-refractivity contribution in [2.45, 2.75) is 13.8 Å². The Balaban J connectivity index is 2.72. The number of hydrogen-bond acceptors (Lipinski definition) is 6. The minimum Gasteiger partial charge on any atom is -0.290 e. The molecular formula is C10H16N3O4P. The molecule has 1 aliphatic rings. The second kappa shape index (κ2) is 7.23. The van der Waals surface area contributed by atoms with Gasteiger partial charge in [-0.2, -0.15) is 5.11 Å². The molecule has 0 unspecified atom stereocenters. The molecule has 0 spiro atoms. The quantitative estimate of drug-likeness (QED) is 0.593. The van der Waals surface area contributed by atoms with Gasteiger partial charge in [-0.15, -0.1) is 0 Å². The number of hydroxylamine groups is 2. The number of nitrogens with zero attached hydrogens (tertiary/aromatic N) is 3. The SMILES string of the molecule is CCOP(=O)(N=N/C=C1\C=CC=CN1O)OCC. The molecule has 0 aromatic rings. The van der Waals surface area contributed by atoms with Crippen molar-refractivity contribution in [3.8, 4) is 0 Å². The fourth-order valence-electron chi connectivity index (χ4n) is 1.11. The maximum atomic E-state index is 11.9. The molecule has 0 fully saturated rings. The van der Waals surface area contributed by atoms with Gasteiger partial charge in [-0.3, -0.25) is 14.3 Å². The van der Waals surface area contributed by atoms with E-state index in [0.29, 0.717) is 5.70 Å². The first-order valence-corrected chi connectivity index (χ1v) is 6.95. The van der Waals surface area contributed by atoms with Gasteiger partial charge in [0.1, 0.15) is 0 Å². The van der Waals surface area contributed by atoms with Crippen molar-refractivity contribution < 1.29 is 18.8 Å². The minimum atomic E-state index is -3.54. The van der Waals surface area contributed by atoms with E-state index in [1.54, 1.807) is 32.1 Å². The third kappa shape index (κ3) is 4.54. The largest absolute Gasteiger partial charge is 0.472 e. The fourth-order valence-corrected chi connectivity index (χ4v) is 2.12. The summed E-state index contributed by atoms with van der Waals surface area (Å²) >= 11 is 0. The molecule has 0 aromatic carbocycles. The van der Waals surface area contributed by atoms with Crippen molar-refractivity contribution in [2.24, 2.45) is 10.00 Å². The van der Waals surface area contributed by atoms with Crippen molar-refractivity contribution in [1.82, 2.24) is 5.06 Å². The van der Waals surface area contributed by atoms with Crippen LogP contribution in [0.1, 0.15) is 13.8 Å². The van der Waals surface area contributed by atoms with Gasteiger partial charge in [0.2, 0.25) is 0 Å². The van der Waals surface area contributed by atoms with Crippen LogP contribution in [0.2, 0.25) is 0 Å². The highest BCUT2D eigenvalue weighted by Crippen LogP contribution is 2.49. The van der Waals surface area contributed by atoms with Gasteiger partial charge in [-0.1, -0.05) is 11.0 Å². The lowest BCUT2D eigenvalue weighted by Crippen LogP contribution is -2.10. The molecule has 7 nitrogen and oxygen atoms in total. The Hall–Kier alpha value is -1.27.